The average Bonchev–Trinajstić information content (AvgIpc) is 1.99. The van der Waals surface area contributed by atoms with Crippen molar-refractivity contribution in [2.45, 2.75) is 5.85 Å². The van der Waals surface area contributed by atoms with E-state index in [1.807, 2.05) is 0 Å². The number of hydrogen-bond acceptors (Lipinski definition) is 8. The van der Waals surface area contributed by atoms with Gasteiger partial charge < -0.3 is 4.74 Å². The predicted octanol–water partition coefficient (Wildman–Crippen LogP) is -0.154. The zero-order valence-corrected chi connectivity index (χ0v) is 7.45. The van der Waals surface area contributed by atoms with Crippen LogP contribution in [0.15, 0.2) is 0 Å². The summed E-state index contributed by atoms with van der Waals surface area (Å²) in [6.07, 6.45) is 0. The molecule has 0 rings (SSSR count). The largest absolute Gasteiger partial charge is 0.688 e. The molecule has 0 aromatic heterocycles. The number of ether oxygens (including phenoxy) is 1. The Morgan fingerprint density at radius 1 is 1.20 bits per heavy atom. The molecule has 0 unspecified atom stereocenters. The molecule has 0 heterocycles. The van der Waals surface area contributed by atoms with Crippen LogP contribution in [0.3, 0.4) is 0 Å². The molecule has 0 aliphatic carbocycles. The molecule has 0 saturated heterocycles. The van der Waals surface area contributed by atoms with Crippen LogP contribution in [0.2, 0.25) is 0 Å². The Labute approximate surface area is 85.0 Å². The number of hydrogen-bond donors (Lipinski definition) is 0. The zero-order valence-electron chi connectivity index (χ0n) is 6.69. The molecule has 0 aromatic carbocycles. The van der Waals surface area contributed by atoms with Crippen LogP contribution in [0.5, 0.6) is 0 Å². The number of nitro groups is 3. The molecule has 0 saturated carbocycles. The minimum absolute atomic E-state index is 1.37. The van der Waals surface area contributed by atoms with Crippen LogP contribution in [0.4, 0.5) is 4.79 Å². The normalized spacial score (nSPS) is 10.5. The van der Waals surface area contributed by atoms with Crippen molar-refractivity contribution >= 4 is 17.0 Å². The van der Waals surface area contributed by atoms with Gasteiger partial charge in [-0.1, -0.05) is 0 Å². The predicted molar refractivity (Wildman–Crippen MR) is 40.9 cm³/mol. The van der Waals surface area contributed by atoms with E-state index in [9.17, 15) is 35.1 Å². The summed E-state index contributed by atoms with van der Waals surface area (Å²) >= 11 is 4.54. The second-order valence-corrected chi connectivity index (χ2v) is 2.40. The van der Waals surface area contributed by atoms with Gasteiger partial charge in [0.2, 0.25) is 0 Å². The second kappa shape index (κ2) is 4.45. The quantitative estimate of drug-likeness (QED) is 0.279. The highest BCUT2D eigenvalue weighted by molar-refractivity contribution is 6.61. The van der Waals surface area contributed by atoms with Gasteiger partial charge in [0, 0.05) is 16.5 Å². The van der Waals surface area contributed by atoms with Crippen LogP contribution in [-0.4, -0.2) is 32.6 Å². The second-order valence-electron chi connectivity index (χ2n) is 2.09. The van der Waals surface area contributed by atoms with Gasteiger partial charge in [-0.2, -0.15) is 0 Å². The molecule has 0 N–H and O–H groups in total. The minimum atomic E-state index is -3.69. The highest BCUT2D eigenvalue weighted by Crippen LogP contribution is 2.15. The fourth-order valence-electron chi connectivity index (χ4n) is 0.586. The molecule has 15 heavy (non-hydrogen) atoms. The fourth-order valence-corrected chi connectivity index (χ4v) is 0.709. The third-order valence-electron chi connectivity index (χ3n) is 1.15. The maximum absolute atomic E-state index is 10.3. The molecule has 0 fully saturated rings. The van der Waals surface area contributed by atoms with E-state index in [0.717, 1.165) is 0 Å². The molecule has 0 aromatic rings. The highest BCUT2D eigenvalue weighted by Gasteiger charge is 2.67. The van der Waals surface area contributed by atoms with E-state index in [-0.39, 0.29) is 0 Å². The summed E-state index contributed by atoms with van der Waals surface area (Å²) < 4.78 is 3.56. The van der Waals surface area contributed by atoms with Crippen LogP contribution in [-0.2, 0) is 4.74 Å². The first-order chi connectivity index (χ1) is 6.72. The smallest absolute Gasteiger partial charge is 0.318 e. The maximum atomic E-state index is 10.3. The lowest BCUT2D eigenvalue weighted by Gasteiger charge is -2.10. The monoisotopic (exact) mass is 243 g/mol. The van der Waals surface area contributed by atoms with Gasteiger partial charge in [0.25, 0.3) is 0 Å². The molecule has 0 amide bonds. The number of rotatable bonds is 5. The van der Waals surface area contributed by atoms with Crippen LogP contribution in [0.1, 0.15) is 0 Å². The summed E-state index contributed by atoms with van der Waals surface area (Å²) in [5.41, 5.74) is -1.88. The van der Waals surface area contributed by atoms with Crippen LogP contribution in [0.25, 0.3) is 0 Å². The van der Waals surface area contributed by atoms with E-state index in [2.05, 4.69) is 16.3 Å². The van der Waals surface area contributed by atoms with Gasteiger partial charge in [0.1, 0.15) is 9.85 Å². The number of carbonyl (C=O) groups is 1. The van der Waals surface area contributed by atoms with Crippen molar-refractivity contribution < 1.29 is 24.3 Å². The summed E-state index contributed by atoms with van der Waals surface area (Å²) in [6, 6.07) is 0. The van der Waals surface area contributed by atoms with Gasteiger partial charge >= 0.3 is 17.8 Å². The summed E-state index contributed by atoms with van der Waals surface area (Å²) in [5, 5.41) is 30.5. The first-order valence-electron chi connectivity index (χ1n) is 3.01. The Morgan fingerprint density at radius 3 is 1.80 bits per heavy atom. The van der Waals surface area contributed by atoms with Crippen LogP contribution < -0.4 is 0 Å². The van der Waals surface area contributed by atoms with Crippen molar-refractivity contribution in [3.8, 4) is 0 Å². The van der Waals surface area contributed by atoms with Gasteiger partial charge in [0.05, 0.1) is 0 Å². The standard InChI is InChI=1S/C3H2ClN3O8/c4-2(8)15-3(6(11)12,7(13)14)1-5(9)10/h1H2. The molecule has 0 spiro atoms. The molecule has 0 bridgehead atoms. The lowest BCUT2D eigenvalue weighted by atomic mass is 10.4. The topological polar surface area (TPSA) is 156 Å². The van der Waals surface area contributed by atoms with E-state index >= 15 is 0 Å². The fraction of sp³-hybridized carbons (Fsp3) is 0.667. The Kier molecular flexibility index (Phi) is 3.85. The van der Waals surface area contributed by atoms with E-state index in [1.165, 1.54) is 0 Å². The summed E-state index contributed by atoms with van der Waals surface area (Å²) in [7, 11) is 0. The Hall–Kier alpha value is -2.04. The summed E-state index contributed by atoms with van der Waals surface area (Å²) in [4.78, 5) is 35.8. The van der Waals surface area contributed by atoms with E-state index in [1.54, 1.807) is 0 Å². The molecular formula is C3H2ClN3O8. The van der Waals surface area contributed by atoms with Crippen molar-refractivity contribution in [2.24, 2.45) is 0 Å². The van der Waals surface area contributed by atoms with Crippen molar-refractivity contribution in [1.29, 1.82) is 0 Å². The molecule has 0 aliphatic rings. The average molecular weight is 244 g/mol. The van der Waals surface area contributed by atoms with Gasteiger partial charge in [0.15, 0.2) is 0 Å². The third-order valence-corrected chi connectivity index (χ3v) is 1.23. The third kappa shape index (κ3) is 2.98. The first kappa shape index (κ1) is 13.0. The van der Waals surface area contributed by atoms with E-state index < -0.39 is 32.6 Å². The van der Waals surface area contributed by atoms with Crippen molar-refractivity contribution in [3.63, 3.8) is 0 Å². The number of halogens is 1. The summed E-state index contributed by atoms with van der Waals surface area (Å²) in [5.74, 6) is -3.69. The van der Waals surface area contributed by atoms with Crippen molar-refractivity contribution in [1.82, 2.24) is 0 Å². The van der Waals surface area contributed by atoms with Crippen molar-refractivity contribution in [3.05, 3.63) is 30.3 Å². The van der Waals surface area contributed by atoms with E-state index in [4.69, 9.17) is 0 Å². The minimum Gasteiger partial charge on any atom is -0.318 e. The highest BCUT2D eigenvalue weighted by atomic mass is 35.5. The van der Waals surface area contributed by atoms with Crippen molar-refractivity contribution in [2.75, 3.05) is 6.54 Å². The maximum Gasteiger partial charge on any atom is 0.688 e. The molecule has 12 heteroatoms. The van der Waals surface area contributed by atoms with Gasteiger partial charge in [-0.3, -0.25) is 30.3 Å². The Balaban J connectivity index is 5.26. The van der Waals surface area contributed by atoms with Gasteiger partial charge in [-0.15, -0.1) is 0 Å². The number of nitrogens with zero attached hydrogens (tertiary/aromatic N) is 3. The lowest BCUT2D eigenvalue weighted by Crippen LogP contribution is -2.54. The van der Waals surface area contributed by atoms with Crippen LogP contribution >= 0.6 is 11.6 Å². The molecule has 0 aliphatic heterocycles. The van der Waals surface area contributed by atoms with Crippen LogP contribution in [0, 0.1) is 30.3 Å². The summed E-state index contributed by atoms with van der Waals surface area (Å²) in [6.45, 7) is -1.83. The molecule has 11 nitrogen and oxygen atoms in total. The molecule has 84 valence electrons. The lowest BCUT2D eigenvalue weighted by molar-refractivity contribution is -0.863. The van der Waals surface area contributed by atoms with E-state index in [0.29, 0.717) is 0 Å². The Bertz CT molecular complexity index is 295. The molecule has 0 atom stereocenters. The Morgan fingerprint density at radius 2 is 1.60 bits per heavy atom. The zero-order chi connectivity index (χ0) is 12.2. The molecule has 0 radical (unpaired) electrons. The molecular weight excluding hydrogens is 241 g/mol. The number of carbonyl (C=O) groups excluding carboxylic acids is 1. The SMILES string of the molecule is O=C(Cl)OC(C[N+](=O)[O-])([N+](=O)[O-])[N+](=O)[O-]. The first-order valence-corrected chi connectivity index (χ1v) is 3.39. The van der Waals surface area contributed by atoms with Gasteiger partial charge in [-0.25, -0.2) is 4.79 Å². The van der Waals surface area contributed by atoms with Gasteiger partial charge in [-0.05, 0) is 0 Å².